The van der Waals surface area contributed by atoms with E-state index >= 15 is 0 Å². The molecule has 1 aliphatic heterocycles. The summed E-state index contributed by atoms with van der Waals surface area (Å²) in [6.07, 6.45) is 1.78. The Morgan fingerprint density at radius 3 is 1.83 bits per heavy atom. The van der Waals surface area contributed by atoms with E-state index in [-0.39, 0.29) is 11.8 Å². The van der Waals surface area contributed by atoms with Gasteiger partial charge in [0.2, 0.25) is 5.91 Å². The molecular formula is C22H27NO. The second kappa shape index (κ2) is 7.65. The van der Waals surface area contributed by atoms with E-state index in [1.807, 2.05) is 12.1 Å². The Balaban J connectivity index is 1.81. The van der Waals surface area contributed by atoms with Gasteiger partial charge in [-0.15, -0.1) is 0 Å². The molecule has 2 atom stereocenters. The number of hydrogen-bond donors (Lipinski definition) is 0. The lowest BCUT2D eigenvalue weighted by molar-refractivity contribution is -0.134. The van der Waals surface area contributed by atoms with E-state index < -0.39 is 0 Å². The van der Waals surface area contributed by atoms with Crippen LogP contribution in [-0.4, -0.2) is 23.9 Å². The van der Waals surface area contributed by atoms with Gasteiger partial charge >= 0.3 is 0 Å². The van der Waals surface area contributed by atoms with E-state index in [0.29, 0.717) is 18.3 Å². The second-order valence-electron chi connectivity index (χ2n) is 7.32. The first kappa shape index (κ1) is 16.8. The summed E-state index contributed by atoms with van der Waals surface area (Å²) in [6.45, 7) is 6.31. The van der Waals surface area contributed by atoms with Crippen molar-refractivity contribution in [2.45, 2.75) is 32.6 Å². The fourth-order valence-electron chi connectivity index (χ4n) is 3.97. The molecule has 0 radical (unpaired) electrons. The number of likely N-dealkylation sites (tertiary alicyclic amines) is 1. The molecule has 2 nitrogen and oxygen atoms in total. The van der Waals surface area contributed by atoms with Gasteiger partial charge < -0.3 is 4.90 Å². The van der Waals surface area contributed by atoms with Crippen LogP contribution >= 0.6 is 0 Å². The average molecular weight is 321 g/mol. The highest BCUT2D eigenvalue weighted by atomic mass is 16.2. The Morgan fingerprint density at radius 1 is 0.917 bits per heavy atom. The molecule has 0 spiro atoms. The van der Waals surface area contributed by atoms with Gasteiger partial charge in [0, 0.05) is 25.4 Å². The maximum Gasteiger partial charge on any atom is 0.223 e. The SMILES string of the molecule is C[C@@H]1C[C@H](C)CN(C(=O)CC(c2ccccc2)c2ccccc2)C1. The van der Waals surface area contributed by atoms with Crippen LogP contribution in [0.5, 0.6) is 0 Å². The van der Waals surface area contributed by atoms with Crippen LogP contribution in [0.15, 0.2) is 60.7 Å². The summed E-state index contributed by atoms with van der Waals surface area (Å²) in [5.41, 5.74) is 2.44. The summed E-state index contributed by atoms with van der Waals surface area (Å²) in [6, 6.07) is 20.8. The van der Waals surface area contributed by atoms with E-state index in [1.165, 1.54) is 17.5 Å². The van der Waals surface area contributed by atoms with Gasteiger partial charge in [-0.3, -0.25) is 4.79 Å². The van der Waals surface area contributed by atoms with Crippen molar-refractivity contribution in [3.8, 4) is 0 Å². The van der Waals surface area contributed by atoms with Gasteiger partial charge in [-0.25, -0.2) is 0 Å². The molecule has 2 aromatic rings. The molecule has 3 rings (SSSR count). The van der Waals surface area contributed by atoms with Crippen molar-refractivity contribution in [2.24, 2.45) is 11.8 Å². The van der Waals surface area contributed by atoms with Gasteiger partial charge in [-0.1, -0.05) is 74.5 Å². The normalized spacial score (nSPS) is 21.0. The third-order valence-electron chi connectivity index (χ3n) is 5.00. The fourth-order valence-corrected chi connectivity index (χ4v) is 3.97. The molecule has 0 saturated carbocycles. The molecule has 0 aromatic heterocycles. The van der Waals surface area contributed by atoms with Gasteiger partial charge in [0.1, 0.15) is 0 Å². The van der Waals surface area contributed by atoms with Crippen molar-refractivity contribution in [1.82, 2.24) is 4.90 Å². The first-order chi connectivity index (χ1) is 11.6. The molecule has 0 aliphatic carbocycles. The molecule has 0 N–H and O–H groups in total. The van der Waals surface area contributed by atoms with Crippen LogP contribution in [0.1, 0.15) is 43.7 Å². The fraction of sp³-hybridized carbons (Fsp3) is 0.409. The zero-order chi connectivity index (χ0) is 16.9. The zero-order valence-electron chi connectivity index (χ0n) is 14.7. The van der Waals surface area contributed by atoms with E-state index in [9.17, 15) is 4.79 Å². The van der Waals surface area contributed by atoms with Crippen LogP contribution in [0.3, 0.4) is 0 Å². The number of hydrogen-bond acceptors (Lipinski definition) is 1. The van der Waals surface area contributed by atoms with Crippen LogP contribution < -0.4 is 0 Å². The van der Waals surface area contributed by atoms with E-state index in [0.717, 1.165) is 13.1 Å². The van der Waals surface area contributed by atoms with Gasteiger partial charge in [-0.2, -0.15) is 0 Å². The van der Waals surface area contributed by atoms with Crippen LogP contribution in [0.25, 0.3) is 0 Å². The van der Waals surface area contributed by atoms with Crippen LogP contribution in [0.4, 0.5) is 0 Å². The second-order valence-corrected chi connectivity index (χ2v) is 7.32. The Hall–Kier alpha value is -2.09. The highest BCUT2D eigenvalue weighted by molar-refractivity contribution is 5.78. The molecule has 2 aromatic carbocycles. The maximum atomic E-state index is 13.0. The number of nitrogens with zero attached hydrogens (tertiary/aromatic N) is 1. The van der Waals surface area contributed by atoms with E-state index in [4.69, 9.17) is 0 Å². The van der Waals surface area contributed by atoms with Crippen molar-refractivity contribution in [3.05, 3.63) is 71.8 Å². The van der Waals surface area contributed by atoms with Crippen molar-refractivity contribution >= 4 is 5.91 Å². The van der Waals surface area contributed by atoms with E-state index in [2.05, 4.69) is 67.3 Å². The molecule has 0 bridgehead atoms. The minimum absolute atomic E-state index is 0.132. The largest absolute Gasteiger partial charge is 0.342 e. The number of carbonyl (C=O) groups excluding carboxylic acids is 1. The van der Waals surface area contributed by atoms with Crippen LogP contribution in [-0.2, 0) is 4.79 Å². The third kappa shape index (κ3) is 4.05. The van der Waals surface area contributed by atoms with Gasteiger partial charge in [0.05, 0.1) is 0 Å². The first-order valence-corrected chi connectivity index (χ1v) is 9.01. The smallest absolute Gasteiger partial charge is 0.223 e. The van der Waals surface area contributed by atoms with Gasteiger partial charge in [0.15, 0.2) is 0 Å². The van der Waals surface area contributed by atoms with Crippen molar-refractivity contribution in [2.75, 3.05) is 13.1 Å². The van der Waals surface area contributed by atoms with Gasteiger partial charge in [0.25, 0.3) is 0 Å². The van der Waals surface area contributed by atoms with Crippen LogP contribution in [0, 0.1) is 11.8 Å². The predicted molar refractivity (Wildman–Crippen MR) is 98.9 cm³/mol. The molecular weight excluding hydrogens is 294 g/mol. The lowest BCUT2D eigenvalue weighted by Crippen LogP contribution is -2.43. The molecule has 2 heteroatoms. The maximum absolute atomic E-state index is 13.0. The number of amides is 1. The molecule has 24 heavy (non-hydrogen) atoms. The highest BCUT2D eigenvalue weighted by Gasteiger charge is 2.27. The van der Waals surface area contributed by atoms with E-state index in [1.54, 1.807) is 0 Å². The minimum atomic E-state index is 0.132. The Labute approximate surface area is 145 Å². The Kier molecular flexibility index (Phi) is 5.34. The monoisotopic (exact) mass is 321 g/mol. The standard InChI is InChI=1S/C22H27NO/c1-17-13-18(2)16-23(15-17)22(24)14-21(19-9-5-3-6-10-19)20-11-7-4-8-12-20/h3-12,17-18,21H,13-16H2,1-2H3/t17-,18+. The Morgan fingerprint density at radius 2 is 1.38 bits per heavy atom. The van der Waals surface area contributed by atoms with Gasteiger partial charge in [-0.05, 0) is 29.4 Å². The highest BCUT2D eigenvalue weighted by Crippen LogP contribution is 2.30. The number of carbonyl (C=O) groups is 1. The lowest BCUT2D eigenvalue weighted by Gasteiger charge is -2.36. The quantitative estimate of drug-likeness (QED) is 0.798. The van der Waals surface area contributed by atoms with Crippen molar-refractivity contribution in [1.29, 1.82) is 0 Å². The first-order valence-electron chi connectivity index (χ1n) is 9.01. The third-order valence-corrected chi connectivity index (χ3v) is 5.00. The zero-order valence-corrected chi connectivity index (χ0v) is 14.7. The number of benzene rings is 2. The number of rotatable bonds is 4. The molecule has 1 fully saturated rings. The minimum Gasteiger partial charge on any atom is -0.342 e. The molecule has 1 saturated heterocycles. The molecule has 126 valence electrons. The number of piperidine rings is 1. The predicted octanol–water partition coefficient (Wildman–Crippen LogP) is 4.71. The summed E-state index contributed by atoms with van der Waals surface area (Å²) in [7, 11) is 0. The summed E-state index contributed by atoms with van der Waals surface area (Å²) in [5, 5.41) is 0. The topological polar surface area (TPSA) is 20.3 Å². The molecule has 1 aliphatic rings. The summed E-state index contributed by atoms with van der Waals surface area (Å²) in [5.74, 6) is 1.62. The molecule has 1 heterocycles. The molecule has 1 amide bonds. The summed E-state index contributed by atoms with van der Waals surface area (Å²) >= 11 is 0. The van der Waals surface area contributed by atoms with Crippen molar-refractivity contribution < 1.29 is 4.79 Å². The Bertz CT molecular complexity index is 603. The van der Waals surface area contributed by atoms with Crippen molar-refractivity contribution in [3.63, 3.8) is 0 Å². The average Bonchev–Trinajstić information content (AvgIpc) is 2.60. The van der Waals surface area contributed by atoms with Crippen LogP contribution in [0.2, 0.25) is 0 Å². The summed E-state index contributed by atoms with van der Waals surface area (Å²) in [4.78, 5) is 15.1. The summed E-state index contributed by atoms with van der Waals surface area (Å²) < 4.78 is 0. The molecule has 0 unspecified atom stereocenters. The lowest BCUT2D eigenvalue weighted by atomic mass is 9.87.